The predicted octanol–water partition coefficient (Wildman–Crippen LogP) is 2.89. The van der Waals surface area contributed by atoms with Crippen LogP contribution < -0.4 is 20.7 Å². The second kappa shape index (κ2) is 12.0. The molecule has 2 aromatic carbocycles. The molecule has 1 saturated heterocycles. The van der Waals surface area contributed by atoms with Crippen molar-refractivity contribution >= 4 is 23.5 Å². The van der Waals surface area contributed by atoms with Gasteiger partial charge in [-0.1, -0.05) is 24.3 Å². The second-order valence-corrected chi connectivity index (χ2v) is 9.05. The van der Waals surface area contributed by atoms with Gasteiger partial charge in [0.1, 0.15) is 12.4 Å². The summed E-state index contributed by atoms with van der Waals surface area (Å²) in [5, 5.41) is 11.4. The molecule has 3 heterocycles. The van der Waals surface area contributed by atoms with E-state index in [9.17, 15) is 38.5 Å². The van der Waals surface area contributed by atoms with Gasteiger partial charge in [0.05, 0.1) is 28.3 Å². The SMILES string of the molecule is O=C(Oc1cc(OC(=O)c2ccccc2)c([N+](=O)[O-])cn1)c1cccc(C(=O)n2c(=O)c(F)cn(C3CCCO3)c2=O)c1. The Balaban J connectivity index is 1.41. The van der Waals surface area contributed by atoms with Gasteiger partial charge in [-0.3, -0.25) is 24.3 Å². The summed E-state index contributed by atoms with van der Waals surface area (Å²) < 4.78 is 31.0. The van der Waals surface area contributed by atoms with Gasteiger partial charge in [-0.25, -0.2) is 19.4 Å². The van der Waals surface area contributed by atoms with Crippen LogP contribution in [0.5, 0.6) is 11.6 Å². The molecule has 218 valence electrons. The lowest BCUT2D eigenvalue weighted by Gasteiger charge is -2.15. The summed E-state index contributed by atoms with van der Waals surface area (Å²) in [5.41, 5.74) is -3.75. The van der Waals surface area contributed by atoms with Gasteiger partial charge in [-0.2, -0.15) is 8.96 Å². The first kappa shape index (κ1) is 28.7. The fraction of sp³-hybridized carbons (Fsp3) is 0.143. The van der Waals surface area contributed by atoms with E-state index >= 15 is 0 Å². The molecule has 1 atom stereocenters. The summed E-state index contributed by atoms with van der Waals surface area (Å²) in [6.07, 6.45) is 1.52. The number of nitrogens with zero attached hydrogens (tertiary/aromatic N) is 4. The van der Waals surface area contributed by atoms with Gasteiger partial charge in [0.25, 0.3) is 11.5 Å². The van der Waals surface area contributed by atoms with Crippen molar-refractivity contribution in [3.63, 3.8) is 0 Å². The maximum Gasteiger partial charge on any atom is 0.344 e. The van der Waals surface area contributed by atoms with Crippen LogP contribution in [0.3, 0.4) is 0 Å². The molecule has 1 aliphatic rings. The summed E-state index contributed by atoms with van der Waals surface area (Å²) in [4.78, 5) is 78.2. The Morgan fingerprint density at radius 3 is 2.37 bits per heavy atom. The Hall–Kier alpha value is -5.83. The third kappa shape index (κ3) is 5.96. The largest absolute Gasteiger partial charge is 0.415 e. The molecule has 2 aromatic heterocycles. The van der Waals surface area contributed by atoms with Crippen LogP contribution in [-0.4, -0.2) is 43.5 Å². The average molecular weight is 590 g/mol. The van der Waals surface area contributed by atoms with Crippen molar-refractivity contribution in [2.45, 2.75) is 19.1 Å². The van der Waals surface area contributed by atoms with Crippen molar-refractivity contribution in [3.8, 4) is 11.6 Å². The van der Waals surface area contributed by atoms with E-state index in [0.29, 0.717) is 25.6 Å². The standard InChI is InChI=1S/C28H19FN4O10/c29-19-15-31(23-10-5-11-41-23)28(38)32(25(19)35)24(34)17-8-4-9-18(12-17)27(37)43-22-13-21(20(14-30-22)33(39)40)42-26(36)16-6-2-1-3-7-16/h1-4,6-9,12-15,23H,5,10-11H2. The van der Waals surface area contributed by atoms with E-state index in [1.54, 1.807) is 18.2 Å². The van der Waals surface area contributed by atoms with E-state index in [1.165, 1.54) is 30.3 Å². The number of halogens is 1. The summed E-state index contributed by atoms with van der Waals surface area (Å²) in [6, 6.07) is 13.2. The lowest BCUT2D eigenvalue weighted by Crippen LogP contribution is -2.46. The van der Waals surface area contributed by atoms with E-state index < -0.39 is 63.4 Å². The highest BCUT2D eigenvalue weighted by Crippen LogP contribution is 2.30. The Labute approximate surface area is 239 Å². The molecule has 0 N–H and O–H groups in total. The molecule has 1 aliphatic heterocycles. The molecule has 15 heteroatoms. The number of esters is 2. The van der Waals surface area contributed by atoms with Gasteiger partial charge in [-0.05, 0) is 43.2 Å². The quantitative estimate of drug-likeness (QED) is 0.175. The van der Waals surface area contributed by atoms with E-state index in [-0.39, 0.29) is 21.3 Å². The molecule has 43 heavy (non-hydrogen) atoms. The molecule has 1 fully saturated rings. The summed E-state index contributed by atoms with van der Waals surface area (Å²) in [5.74, 6) is -5.60. The number of hydrogen-bond acceptors (Lipinski definition) is 11. The van der Waals surface area contributed by atoms with Gasteiger partial charge in [0.2, 0.25) is 17.4 Å². The summed E-state index contributed by atoms with van der Waals surface area (Å²) in [7, 11) is 0. The minimum Gasteiger partial charge on any atom is -0.415 e. The molecule has 14 nitrogen and oxygen atoms in total. The third-order valence-electron chi connectivity index (χ3n) is 6.26. The van der Waals surface area contributed by atoms with Gasteiger partial charge >= 0.3 is 23.3 Å². The highest BCUT2D eigenvalue weighted by molar-refractivity contribution is 5.99. The van der Waals surface area contributed by atoms with Crippen LogP contribution in [0, 0.1) is 15.9 Å². The zero-order valence-corrected chi connectivity index (χ0v) is 21.9. The van der Waals surface area contributed by atoms with Crippen LogP contribution in [0.2, 0.25) is 0 Å². The maximum absolute atomic E-state index is 14.4. The van der Waals surface area contributed by atoms with Crippen LogP contribution in [0.15, 0.2) is 82.6 Å². The first-order valence-corrected chi connectivity index (χ1v) is 12.6. The number of carbonyl (C=O) groups is 3. The van der Waals surface area contributed by atoms with Crippen molar-refractivity contribution < 1.29 is 37.9 Å². The Morgan fingerprint density at radius 2 is 1.67 bits per heavy atom. The molecule has 0 radical (unpaired) electrons. The van der Waals surface area contributed by atoms with E-state index in [4.69, 9.17) is 14.2 Å². The first-order chi connectivity index (χ1) is 20.6. The molecule has 1 unspecified atom stereocenters. The highest BCUT2D eigenvalue weighted by Gasteiger charge is 2.26. The molecule has 0 bridgehead atoms. The smallest absolute Gasteiger partial charge is 0.344 e. The van der Waals surface area contributed by atoms with Gasteiger partial charge in [-0.15, -0.1) is 0 Å². The van der Waals surface area contributed by atoms with Crippen molar-refractivity contribution in [3.05, 3.63) is 127 Å². The van der Waals surface area contributed by atoms with Crippen molar-refractivity contribution in [1.29, 1.82) is 0 Å². The monoisotopic (exact) mass is 590 g/mol. The van der Waals surface area contributed by atoms with Crippen LogP contribution in [0.1, 0.15) is 50.1 Å². The molecule has 0 aliphatic carbocycles. The normalized spacial score (nSPS) is 14.2. The number of ether oxygens (including phenoxy) is 3. The first-order valence-electron chi connectivity index (χ1n) is 12.6. The molecule has 5 rings (SSSR count). The van der Waals surface area contributed by atoms with Gasteiger partial charge < -0.3 is 14.2 Å². The van der Waals surface area contributed by atoms with Gasteiger partial charge in [0.15, 0.2) is 0 Å². The Kier molecular flexibility index (Phi) is 7.98. The minimum atomic E-state index is -1.48. The third-order valence-corrected chi connectivity index (χ3v) is 6.26. The Morgan fingerprint density at radius 1 is 0.977 bits per heavy atom. The highest BCUT2D eigenvalue weighted by atomic mass is 19.1. The van der Waals surface area contributed by atoms with Crippen molar-refractivity contribution in [2.24, 2.45) is 0 Å². The van der Waals surface area contributed by atoms with E-state index in [0.717, 1.165) is 22.9 Å². The molecule has 0 spiro atoms. The number of pyridine rings is 1. The van der Waals surface area contributed by atoms with Crippen LogP contribution in [0.25, 0.3) is 0 Å². The molecular weight excluding hydrogens is 571 g/mol. The molecule has 0 amide bonds. The average Bonchev–Trinajstić information content (AvgIpc) is 3.54. The lowest BCUT2D eigenvalue weighted by atomic mass is 10.1. The van der Waals surface area contributed by atoms with Crippen molar-refractivity contribution in [2.75, 3.05) is 6.61 Å². The lowest BCUT2D eigenvalue weighted by molar-refractivity contribution is -0.385. The van der Waals surface area contributed by atoms with E-state index in [2.05, 4.69) is 4.98 Å². The second-order valence-electron chi connectivity index (χ2n) is 9.05. The molecule has 4 aromatic rings. The number of nitro groups is 1. The number of rotatable bonds is 7. The minimum absolute atomic E-state index is 0.104. The van der Waals surface area contributed by atoms with Crippen LogP contribution >= 0.6 is 0 Å². The topological polar surface area (TPSA) is 179 Å². The van der Waals surface area contributed by atoms with E-state index in [1.807, 2.05) is 0 Å². The van der Waals surface area contributed by atoms with Crippen LogP contribution in [0.4, 0.5) is 10.1 Å². The van der Waals surface area contributed by atoms with Crippen LogP contribution in [-0.2, 0) is 4.74 Å². The number of hydrogen-bond donors (Lipinski definition) is 0. The fourth-order valence-corrected chi connectivity index (χ4v) is 4.19. The summed E-state index contributed by atoms with van der Waals surface area (Å²) in [6.45, 7) is 0.316. The summed E-state index contributed by atoms with van der Waals surface area (Å²) >= 11 is 0. The zero-order valence-electron chi connectivity index (χ0n) is 21.9. The van der Waals surface area contributed by atoms with Crippen molar-refractivity contribution in [1.82, 2.24) is 14.1 Å². The molecule has 0 saturated carbocycles. The number of carbonyl (C=O) groups excluding carboxylic acids is 3. The fourth-order valence-electron chi connectivity index (χ4n) is 4.19. The predicted molar refractivity (Wildman–Crippen MR) is 143 cm³/mol. The Bertz CT molecular complexity index is 1880. The molecular formula is C28H19FN4O10. The number of aromatic nitrogens is 3. The maximum atomic E-state index is 14.4. The zero-order chi connectivity index (χ0) is 30.7. The number of benzene rings is 2. The van der Waals surface area contributed by atoms with Gasteiger partial charge in [0, 0.05) is 12.2 Å².